The van der Waals surface area contributed by atoms with Crippen LogP contribution in [0.4, 0.5) is 0 Å². The van der Waals surface area contributed by atoms with Gasteiger partial charge in [0.05, 0.1) is 0 Å². The molecule has 2 atom stereocenters. The number of nitrogens with one attached hydrogen (secondary N) is 1. The van der Waals surface area contributed by atoms with E-state index in [1.54, 1.807) is 0 Å². The second kappa shape index (κ2) is 4.04. The van der Waals surface area contributed by atoms with Crippen molar-refractivity contribution in [2.45, 2.75) is 31.3 Å². The van der Waals surface area contributed by atoms with E-state index in [1.807, 2.05) is 0 Å². The Kier molecular flexibility index (Phi) is 2.71. The first-order valence-corrected chi connectivity index (χ1v) is 6.49. The zero-order valence-electron chi connectivity index (χ0n) is 9.78. The Morgan fingerprint density at radius 1 is 1.20 bits per heavy atom. The van der Waals surface area contributed by atoms with Crippen LogP contribution in [0.15, 0.2) is 0 Å². The normalized spacial score (nSPS) is 45.2. The molecule has 0 aliphatic carbocycles. The summed E-state index contributed by atoms with van der Waals surface area (Å²) in [4.78, 5) is 5.33. The van der Waals surface area contributed by atoms with Gasteiger partial charge in [-0.15, -0.1) is 0 Å². The highest BCUT2D eigenvalue weighted by atomic mass is 15.3. The second-order valence-electron chi connectivity index (χ2n) is 5.52. The topological polar surface area (TPSA) is 18.5 Å². The van der Waals surface area contributed by atoms with Gasteiger partial charge in [-0.2, -0.15) is 0 Å². The molecule has 2 unspecified atom stereocenters. The fourth-order valence-corrected chi connectivity index (χ4v) is 3.65. The third-order valence-corrected chi connectivity index (χ3v) is 4.76. The van der Waals surface area contributed by atoms with Crippen LogP contribution in [0.5, 0.6) is 0 Å². The summed E-state index contributed by atoms with van der Waals surface area (Å²) < 4.78 is 0. The number of hydrogen-bond donors (Lipinski definition) is 1. The van der Waals surface area contributed by atoms with E-state index in [1.165, 1.54) is 52.0 Å². The van der Waals surface area contributed by atoms with E-state index in [0.717, 1.165) is 18.0 Å². The molecular formula is C12H23N3. The van der Waals surface area contributed by atoms with E-state index in [9.17, 15) is 0 Å². The van der Waals surface area contributed by atoms with Crippen molar-refractivity contribution < 1.29 is 0 Å². The van der Waals surface area contributed by atoms with Crippen LogP contribution >= 0.6 is 0 Å². The summed E-state index contributed by atoms with van der Waals surface area (Å²) in [6, 6.07) is 1.65. The monoisotopic (exact) mass is 209 g/mol. The Balaban J connectivity index is 1.65. The second-order valence-corrected chi connectivity index (χ2v) is 5.52. The van der Waals surface area contributed by atoms with E-state index in [2.05, 4.69) is 22.2 Å². The number of fused-ring (bicyclic) bond motifs is 3. The Morgan fingerprint density at radius 3 is 2.53 bits per heavy atom. The van der Waals surface area contributed by atoms with E-state index in [-0.39, 0.29) is 0 Å². The summed E-state index contributed by atoms with van der Waals surface area (Å²) in [6.45, 7) is 6.48. The summed E-state index contributed by atoms with van der Waals surface area (Å²) in [5.41, 5.74) is 0. The lowest BCUT2D eigenvalue weighted by Crippen LogP contribution is -2.58. The van der Waals surface area contributed by atoms with Gasteiger partial charge in [-0.1, -0.05) is 0 Å². The van der Waals surface area contributed by atoms with Gasteiger partial charge in [0.15, 0.2) is 0 Å². The molecule has 0 amide bonds. The fourth-order valence-electron chi connectivity index (χ4n) is 3.65. The van der Waals surface area contributed by atoms with Crippen LogP contribution in [-0.4, -0.2) is 61.7 Å². The molecule has 4 heterocycles. The molecule has 0 aromatic heterocycles. The van der Waals surface area contributed by atoms with Crippen molar-refractivity contribution in [1.82, 2.24) is 15.1 Å². The Bertz CT molecular complexity index is 217. The smallest absolute Gasteiger partial charge is 0.0252 e. The lowest BCUT2D eigenvalue weighted by Gasteiger charge is -2.49. The summed E-state index contributed by atoms with van der Waals surface area (Å²) in [5.74, 6) is 0.987. The molecule has 3 heteroatoms. The minimum atomic E-state index is 0.801. The molecule has 0 radical (unpaired) electrons. The van der Waals surface area contributed by atoms with E-state index in [0.29, 0.717) is 0 Å². The van der Waals surface area contributed by atoms with Crippen LogP contribution in [0, 0.1) is 5.92 Å². The third kappa shape index (κ3) is 1.81. The van der Waals surface area contributed by atoms with Crippen molar-refractivity contribution in [2.75, 3.05) is 39.8 Å². The lowest BCUT2D eigenvalue weighted by atomic mass is 9.83. The molecule has 2 bridgehead atoms. The van der Waals surface area contributed by atoms with Crippen LogP contribution in [0.2, 0.25) is 0 Å². The predicted molar refractivity (Wildman–Crippen MR) is 62.0 cm³/mol. The third-order valence-electron chi connectivity index (χ3n) is 4.76. The maximum absolute atomic E-state index is 3.48. The maximum Gasteiger partial charge on any atom is 0.0252 e. The van der Waals surface area contributed by atoms with Gasteiger partial charge in [-0.3, -0.25) is 4.90 Å². The SMILES string of the molecule is CN(C1CCNC1)C1CN2CCC1CC2. The van der Waals surface area contributed by atoms with Crippen LogP contribution in [0.25, 0.3) is 0 Å². The number of hydrogen-bond acceptors (Lipinski definition) is 3. The van der Waals surface area contributed by atoms with Crippen molar-refractivity contribution in [3.63, 3.8) is 0 Å². The molecule has 4 saturated heterocycles. The highest BCUT2D eigenvalue weighted by molar-refractivity contribution is 4.94. The quantitative estimate of drug-likeness (QED) is 0.709. The minimum Gasteiger partial charge on any atom is -0.315 e. The molecule has 0 saturated carbocycles. The molecular weight excluding hydrogens is 186 g/mol. The zero-order valence-corrected chi connectivity index (χ0v) is 9.78. The summed E-state index contributed by atoms with van der Waals surface area (Å²) >= 11 is 0. The first-order chi connectivity index (χ1) is 7.34. The molecule has 15 heavy (non-hydrogen) atoms. The van der Waals surface area contributed by atoms with E-state index < -0.39 is 0 Å². The fraction of sp³-hybridized carbons (Fsp3) is 1.00. The van der Waals surface area contributed by atoms with E-state index >= 15 is 0 Å². The molecule has 0 aromatic carbocycles. The first-order valence-electron chi connectivity index (χ1n) is 6.49. The van der Waals surface area contributed by atoms with E-state index in [4.69, 9.17) is 0 Å². The largest absolute Gasteiger partial charge is 0.315 e. The maximum atomic E-state index is 3.48. The number of piperidine rings is 3. The van der Waals surface area contributed by atoms with Crippen molar-refractivity contribution in [3.8, 4) is 0 Å². The highest BCUT2D eigenvalue weighted by Crippen LogP contribution is 2.31. The zero-order chi connectivity index (χ0) is 10.3. The Hall–Kier alpha value is -0.120. The van der Waals surface area contributed by atoms with Crippen molar-refractivity contribution in [2.24, 2.45) is 5.92 Å². The molecule has 4 rings (SSSR count). The van der Waals surface area contributed by atoms with Gasteiger partial charge in [0.1, 0.15) is 0 Å². The number of nitrogens with zero attached hydrogens (tertiary/aromatic N) is 2. The standard InChI is InChI=1S/C12H23N3/c1-14(11-2-5-13-8-11)12-9-15-6-3-10(12)4-7-15/h10-13H,2-9H2,1H3. The van der Waals surface area contributed by atoms with Crippen LogP contribution in [0.3, 0.4) is 0 Å². The van der Waals surface area contributed by atoms with Gasteiger partial charge < -0.3 is 10.2 Å². The van der Waals surface area contributed by atoms with Crippen LogP contribution < -0.4 is 5.32 Å². The molecule has 0 spiro atoms. The molecule has 1 N–H and O–H groups in total. The lowest BCUT2D eigenvalue weighted by molar-refractivity contribution is 0.00212. The van der Waals surface area contributed by atoms with Crippen molar-refractivity contribution in [1.29, 1.82) is 0 Å². The Morgan fingerprint density at radius 2 is 2.00 bits per heavy atom. The van der Waals surface area contributed by atoms with Gasteiger partial charge in [0.2, 0.25) is 0 Å². The van der Waals surface area contributed by atoms with Gasteiger partial charge in [-0.05, 0) is 51.9 Å². The van der Waals surface area contributed by atoms with Crippen LogP contribution in [0.1, 0.15) is 19.3 Å². The first kappa shape index (κ1) is 10.1. The molecule has 4 fully saturated rings. The molecule has 86 valence electrons. The Labute approximate surface area is 92.8 Å². The molecule has 4 aliphatic rings. The average Bonchev–Trinajstić information content (AvgIpc) is 2.83. The van der Waals surface area contributed by atoms with Crippen molar-refractivity contribution in [3.05, 3.63) is 0 Å². The molecule has 3 nitrogen and oxygen atoms in total. The molecule has 0 aromatic rings. The average molecular weight is 209 g/mol. The van der Waals surface area contributed by atoms with Crippen molar-refractivity contribution >= 4 is 0 Å². The summed E-state index contributed by atoms with van der Waals surface area (Å²) in [6.07, 6.45) is 4.23. The predicted octanol–water partition coefficient (Wildman–Crippen LogP) is 0.374. The van der Waals surface area contributed by atoms with Gasteiger partial charge >= 0.3 is 0 Å². The highest BCUT2D eigenvalue weighted by Gasteiger charge is 2.38. The van der Waals surface area contributed by atoms with Gasteiger partial charge in [0.25, 0.3) is 0 Å². The number of rotatable bonds is 2. The number of likely N-dealkylation sites (N-methyl/N-ethyl adjacent to an activating group) is 1. The summed E-state index contributed by atoms with van der Waals surface area (Å²) in [5, 5.41) is 3.48. The minimum absolute atomic E-state index is 0.801. The van der Waals surface area contributed by atoms with Crippen LogP contribution in [-0.2, 0) is 0 Å². The summed E-state index contributed by atoms with van der Waals surface area (Å²) in [7, 11) is 2.35. The van der Waals surface area contributed by atoms with Gasteiger partial charge in [-0.25, -0.2) is 0 Å². The molecule has 4 aliphatic heterocycles. The van der Waals surface area contributed by atoms with Gasteiger partial charge in [0, 0.05) is 25.2 Å².